The van der Waals surface area contributed by atoms with Gasteiger partial charge in [-0.15, -0.1) is 0 Å². The summed E-state index contributed by atoms with van der Waals surface area (Å²) in [7, 11) is 0. The molecule has 0 bridgehead atoms. The van der Waals surface area contributed by atoms with Crippen molar-refractivity contribution in [1.82, 2.24) is 0 Å². The molecule has 0 radical (unpaired) electrons. The van der Waals surface area contributed by atoms with E-state index in [4.69, 9.17) is 14.7 Å². The van der Waals surface area contributed by atoms with Gasteiger partial charge >= 0.3 is 0 Å². The smallest absolute Gasteiger partial charge is 0.133 e. The van der Waals surface area contributed by atoms with Crippen LogP contribution in [0.15, 0.2) is 21.6 Å². The number of benzene rings is 1. The normalized spacial score (nSPS) is 30.9. The van der Waals surface area contributed by atoms with Crippen LogP contribution in [-0.2, 0) is 6.42 Å². The maximum atomic E-state index is 11.8. The maximum Gasteiger partial charge on any atom is 0.133 e. The minimum absolute atomic E-state index is 0.0563. The van der Waals surface area contributed by atoms with Gasteiger partial charge in [-0.2, -0.15) is 0 Å². The van der Waals surface area contributed by atoms with Crippen LogP contribution in [0.3, 0.4) is 0 Å². The number of hydrogen-bond acceptors (Lipinski definition) is 4. The van der Waals surface area contributed by atoms with E-state index in [1.54, 1.807) is 0 Å². The molecule has 0 amide bonds. The number of aliphatic imine (C=N–C) groups is 2. The first-order chi connectivity index (χ1) is 14.4. The molecule has 1 aliphatic carbocycles. The van der Waals surface area contributed by atoms with Crippen LogP contribution in [-0.4, -0.2) is 23.1 Å². The molecule has 0 spiro atoms. The quantitative estimate of drug-likeness (QED) is 0.590. The molecule has 0 aromatic heterocycles. The fourth-order valence-corrected chi connectivity index (χ4v) is 6.19. The molecule has 0 saturated carbocycles. The van der Waals surface area contributed by atoms with Crippen molar-refractivity contribution in [1.29, 1.82) is 0 Å². The molecule has 4 unspecified atom stereocenters. The van der Waals surface area contributed by atoms with Crippen molar-refractivity contribution in [3.05, 3.63) is 33.9 Å². The minimum atomic E-state index is -0.272. The van der Waals surface area contributed by atoms with Gasteiger partial charge in [0, 0.05) is 28.5 Å². The summed E-state index contributed by atoms with van der Waals surface area (Å²) in [6, 6.07) is 0.185. The third kappa shape index (κ3) is 2.94. The number of nitrogens with zero attached hydrogens (tertiary/aromatic N) is 2. The molecule has 0 fully saturated rings. The number of aromatic hydroxyl groups is 1. The standard InChI is InChI=1S/C26H34N2O2/c1-5-8-16-21(19-9-6-11-27-19)24(29)23-17-13-15(2)14-18(17)26(3,4)30-25(23)22(16)20-10-7-12-28-20/h11-13,17-20,29H,5-10,14H2,1-4H3. The molecule has 4 atom stereocenters. The summed E-state index contributed by atoms with van der Waals surface area (Å²) >= 11 is 0. The summed E-state index contributed by atoms with van der Waals surface area (Å²) in [4.78, 5) is 9.64. The second-order valence-corrected chi connectivity index (χ2v) is 10.1. The van der Waals surface area contributed by atoms with Gasteiger partial charge in [0.05, 0.1) is 12.1 Å². The highest BCUT2D eigenvalue weighted by Gasteiger charge is 2.49. The molecule has 1 aromatic carbocycles. The lowest BCUT2D eigenvalue weighted by Gasteiger charge is -2.44. The minimum Gasteiger partial charge on any atom is -0.507 e. The van der Waals surface area contributed by atoms with Crippen molar-refractivity contribution in [2.24, 2.45) is 15.9 Å². The molecule has 4 aliphatic rings. The molecular weight excluding hydrogens is 372 g/mol. The second-order valence-electron chi connectivity index (χ2n) is 10.1. The van der Waals surface area contributed by atoms with Crippen molar-refractivity contribution < 1.29 is 9.84 Å². The first kappa shape index (κ1) is 19.8. The maximum absolute atomic E-state index is 11.8. The Kier molecular flexibility index (Phi) is 4.79. The van der Waals surface area contributed by atoms with E-state index in [1.807, 2.05) is 6.21 Å². The summed E-state index contributed by atoms with van der Waals surface area (Å²) < 4.78 is 6.80. The van der Waals surface area contributed by atoms with Gasteiger partial charge in [-0.3, -0.25) is 9.98 Å². The van der Waals surface area contributed by atoms with E-state index in [2.05, 4.69) is 40.0 Å². The van der Waals surface area contributed by atoms with Crippen molar-refractivity contribution in [2.75, 3.05) is 0 Å². The summed E-state index contributed by atoms with van der Waals surface area (Å²) in [5.74, 6) is 1.92. The number of phenolic OH excluding ortho intramolecular Hbond substituents is 1. The van der Waals surface area contributed by atoms with Crippen LogP contribution in [0.1, 0.15) is 106 Å². The van der Waals surface area contributed by atoms with E-state index in [0.29, 0.717) is 11.7 Å². The Morgan fingerprint density at radius 3 is 2.33 bits per heavy atom. The lowest BCUT2D eigenvalue weighted by atomic mass is 9.72. The summed E-state index contributed by atoms with van der Waals surface area (Å²) in [5, 5.41) is 11.8. The van der Waals surface area contributed by atoms with Gasteiger partial charge in [0.15, 0.2) is 0 Å². The van der Waals surface area contributed by atoms with Gasteiger partial charge in [-0.25, -0.2) is 0 Å². The molecular formula is C26H34N2O2. The van der Waals surface area contributed by atoms with Crippen molar-refractivity contribution in [2.45, 2.75) is 96.2 Å². The first-order valence-corrected chi connectivity index (χ1v) is 11.7. The highest BCUT2D eigenvalue weighted by molar-refractivity contribution is 5.69. The Morgan fingerprint density at radius 1 is 1.07 bits per heavy atom. The third-order valence-corrected chi connectivity index (χ3v) is 7.56. The zero-order chi connectivity index (χ0) is 21.0. The van der Waals surface area contributed by atoms with E-state index in [1.165, 1.54) is 16.7 Å². The molecule has 3 aliphatic heterocycles. The Morgan fingerprint density at radius 2 is 1.73 bits per heavy atom. The molecule has 0 saturated heterocycles. The molecule has 4 heteroatoms. The van der Waals surface area contributed by atoms with Crippen LogP contribution in [0.4, 0.5) is 0 Å². The molecule has 1 aromatic rings. The van der Waals surface area contributed by atoms with Gasteiger partial charge in [-0.05, 0) is 77.3 Å². The van der Waals surface area contributed by atoms with E-state index in [-0.39, 0.29) is 23.6 Å². The van der Waals surface area contributed by atoms with Gasteiger partial charge in [0.25, 0.3) is 0 Å². The van der Waals surface area contributed by atoms with Crippen molar-refractivity contribution in [3.63, 3.8) is 0 Å². The predicted octanol–water partition coefficient (Wildman–Crippen LogP) is 6.38. The lowest BCUT2D eigenvalue weighted by molar-refractivity contribution is 0.0209. The first-order valence-electron chi connectivity index (χ1n) is 11.7. The lowest BCUT2D eigenvalue weighted by Crippen LogP contribution is -2.43. The van der Waals surface area contributed by atoms with Crippen molar-refractivity contribution in [3.8, 4) is 11.5 Å². The monoisotopic (exact) mass is 406 g/mol. The number of allylic oxidation sites excluding steroid dienone is 2. The second kappa shape index (κ2) is 7.25. The Balaban J connectivity index is 1.82. The van der Waals surface area contributed by atoms with Crippen LogP contribution in [0.2, 0.25) is 0 Å². The zero-order valence-electron chi connectivity index (χ0n) is 18.7. The highest BCUT2D eigenvalue weighted by atomic mass is 16.5. The fourth-order valence-electron chi connectivity index (χ4n) is 6.19. The molecule has 5 rings (SSSR count). The van der Waals surface area contributed by atoms with E-state index in [9.17, 15) is 5.11 Å². The van der Waals surface area contributed by atoms with Crippen LogP contribution in [0.5, 0.6) is 11.5 Å². The summed E-state index contributed by atoms with van der Waals surface area (Å²) in [6.07, 6.45) is 13.4. The van der Waals surface area contributed by atoms with E-state index < -0.39 is 0 Å². The molecule has 160 valence electrons. The topological polar surface area (TPSA) is 54.2 Å². The van der Waals surface area contributed by atoms with Gasteiger partial charge in [-0.1, -0.05) is 25.0 Å². The van der Waals surface area contributed by atoms with Crippen molar-refractivity contribution >= 4 is 12.4 Å². The SMILES string of the molecule is CCCc1c(C2CCC=N2)c(O)c2c(c1C1CCC=N1)OC(C)(C)C1CC(C)=CC21. The summed E-state index contributed by atoms with van der Waals surface area (Å²) in [5.41, 5.74) is 5.67. The third-order valence-electron chi connectivity index (χ3n) is 7.56. The number of hydrogen-bond donors (Lipinski definition) is 1. The van der Waals surface area contributed by atoms with Crippen LogP contribution < -0.4 is 4.74 Å². The fraction of sp³-hybridized carbons (Fsp3) is 0.615. The van der Waals surface area contributed by atoms with Gasteiger partial charge in [0.1, 0.15) is 17.1 Å². The van der Waals surface area contributed by atoms with Crippen LogP contribution >= 0.6 is 0 Å². The highest BCUT2D eigenvalue weighted by Crippen LogP contribution is 2.59. The number of ether oxygens (including phenoxy) is 1. The van der Waals surface area contributed by atoms with Crippen LogP contribution in [0, 0.1) is 5.92 Å². The van der Waals surface area contributed by atoms with Gasteiger partial charge in [0.2, 0.25) is 0 Å². The number of phenols is 1. The molecule has 1 N–H and O–H groups in total. The van der Waals surface area contributed by atoms with Crippen LogP contribution in [0.25, 0.3) is 0 Å². The molecule has 4 nitrogen and oxygen atoms in total. The van der Waals surface area contributed by atoms with E-state index >= 15 is 0 Å². The zero-order valence-corrected chi connectivity index (χ0v) is 18.7. The molecule has 3 heterocycles. The predicted molar refractivity (Wildman–Crippen MR) is 122 cm³/mol. The molecule has 30 heavy (non-hydrogen) atoms. The number of fused-ring (bicyclic) bond motifs is 3. The Hall–Kier alpha value is -2.10. The Bertz CT molecular complexity index is 957. The van der Waals surface area contributed by atoms with Gasteiger partial charge < -0.3 is 9.84 Å². The van der Waals surface area contributed by atoms with E-state index in [0.717, 1.165) is 61.8 Å². The number of rotatable bonds is 4. The summed E-state index contributed by atoms with van der Waals surface area (Å²) in [6.45, 7) is 8.85. The largest absolute Gasteiger partial charge is 0.507 e. The Labute approximate surface area is 180 Å². The average molecular weight is 407 g/mol. The average Bonchev–Trinajstić information content (AvgIpc) is 3.43.